The molecule has 1 aromatic heterocycles. The third kappa shape index (κ3) is 4.57. The number of H-pyrrole nitrogens is 1. The number of carbonyl (C=O) groups is 1. The van der Waals surface area contributed by atoms with Gasteiger partial charge in [-0.2, -0.15) is 5.10 Å². The van der Waals surface area contributed by atoms with Gasteiger partial charge in [-0.1, -0.05) is 30.7 Å². The third-order valence-electron chi connectivity index (χ3n) is 5.58. The van der Waals surface area contributed by atoms with Crippen LogP contribution >= 0.6 is 0 Å². The number of carbonyl (C=O) groups excluding carboxylic acids is 1. The van der Waals surface area contributed by atoms with Crippen LogP contribution in [-0.4, -0.2) is 47.2 Å². The Balaban J connectivity index is 1.47. The van der Waals surface area contributed by atoms with Crippen molar-refractivity contribution in [2.75, 3.05) is 26.2 Å². The van der Waals surface area contributed by atoms with E-state index in [0.29, 0.717) is 24.0 Å². The Bertz CT molecular complexity index is 1110. The zero-order valence-electron chi connectivity index (χ0n) is 16.8. The fourth-order valence-corrected chi connectivity index (χ4v) is 3.96. The summed E-state index contributed by atoms with van der Waals surface area (Å²) in [6.45, 7) is 3.38. The molecule has 3 aromatic rings. The third-order valence-corrected chi connectivity index (χ3v) is 5.58. The number of hydrogen-bond donors (Lipinski definition) is 2. The molecule has 0 bridgehead atoms. The number of amides is 1. The van der Waals surface area contributed by atoms with E-state index < -0.39 is 11.7 Å². The lowest BCUT2D eigenvalue weighted by Gasteiger charge is -2.26. The first-order valence-electron chi connectivity index (χ1n) is 10.4. The first-order chi connectivity index (χ1) is 14.6. The van der Waals surface area contributed by atoms with Crippen molar-refractivity contribution >= 4 is 16.7 Å². The van der Waals surface area contributed by atoms with Gasteiger partial charge in [0, 0.05) is 24.9 Å². The molecule has 6 nitrogen and oxygen atoms in total. The largest absolute Gasteiger partial charge is 0.351 e. The van der Waals surface area contributed by atoms with Crippen LogP contribution < -0.4 is 10.9 Å². The highest BCUT2D eigenvalue weighted by Crippen LogP contribution is 2.18. The standard InChI is InChI=1S/C23H25FN4O2/c24-20-9-8-16(15-21-17-6-2-3-7-18(17)23(30)27-26-21)14-19(20)22(29)25-10-13-28-11-4-1-5-12-28/h2-3,6-9,14H,1,4-5,10-13,15H2,(H,25,29)(H,27,30). The molecule has 7 heteroatoms. The van der Waals surface area contributed by atoms with E-state index in [2.05, 4.69) is 20.4 Å². The Hall–Kier alpha value is -3.06. The van der Waals surface area contributed by atoms with E-state index in [1.807, 2.05) is 12.1 Å². The van der Waals surface area contributed by atoms with Crippen LogP contribution in [0.1, 0.15) is 40.9 Å². The second kappa shape index (κ2) is 9.17. The molecule has 0 aliphatic carbocycles. The van der Waals surface area contributed by atoms with Gasteiger partial charge in [0.05, 0.1) is 16.6 Å². The Morgan fingerprint density at radius 3 is 2.67 bits per heavy atom. The summed E-state index contributed by atoms with van der Waals surface area (Å²) in [6.07, 6.45) is 4.03. The maximum Gasteiger partial charge on any atom is 0.272 e. The van der Waals surface area contributed by atoms with Gasteiger partial charge in [-0.25, -0.2) is 9.49 Å². The summed E-state index contributed by atoms with van der Waals surface area (Å²) in [4.78, 5) is 26.8. The highest BCUT2D eigenvalue weighted by atomic mass is 19.1. The zero-order chi connectivity index (χ0) is 20.9. The van der Waals surface area contributed by atoms with E-state index in [-0.39, 0.29) is 11.1 Å². The fraction of sp³-hybridized carbons (Fsp3) is 0.348. The van der Waals surface area contributed by atoms with E-state index in [4.69, 9.17) is 0 Å². The Morgan fingerprint density at radius 1 is 1.10 bits per heavy atom. The number of halogens is 1. The second-order valence-electron chi connectivity index (χ2n) is 7.69. The molecule has 1 saturated heterocycles. The molecule has 0 spiro atoms. The molecule has 1 amide bonds. The van der Waals surface area contributed by atoms with Gasteiger partial charge >= 0.3 is 0 Å². The van der Waals surface area contributed by atoms with Crippen LogP contribution in [0.25, 0.3) is 10.8 Å². The topological polar surface area (TPSA) is 78.1 Å². The van der Waals surface area contributed by atoms with Crippen molar-refractivity contribution in [2.45, 2.75) is 25.7 Å². The summed E-state index contributed by atoms with van der Waals surface area (Å²) in [5.74, 6) is -0.959. The number of likely N-dealkylation sites (tertiary alicyclic amines) is 1. The molecule has 1 aliphatic heterocycles. The molecular weight excluding hydrogens is 383 g/mol. The van der Waals surface area contributed by atoms with Gasteiger partial charge in [0.1, 0.15) is 5.82 Å². The minimum atomic E-state index is -0.548. The lowest BCUT2D eigenvalue weighted by atomic mass is 10.0. The number of aromatic nitrogens is 2. The summed E-state index contributed by atoms with van der Waals surface area (Å²) in [7, 11) is 0. The number of aromatic amines is 1. The minimum absolute atomic E-state index is 0.0277. The maximum atomic E-state index is 14.3. The number of fused-ring (bicyclic) bond motifs is 1. The predicted octanol–water partition coefficient (Wildman–Crippen LogP) is 2.87. The van der Waals surface area contributed by atoms with Crippen LogP contribution in [0.2, 0.25) is 0 Å². The first-order valence-corrected chi connectivity index (χ1v) is 10.4. The van der Waals surface area contributed by atoms with Gasteiger partial charge in [0.25, 0.3) is 11.5 Å². The summed E-state index contributed by atoms with van der Waals surface area (Å²) in [6, 6.07) is 11.7. The monoisotopic (exact) mass is 408 g/mol. The van der Waals surface area contributed by atoms with Crippen molar-refractivity contribution in [3.05, 3.63) is 75.5 Å². The van der Waals surface area contributed by atoms with E-state index in [9.17, 15) is 14.0 Å². The summed E-state index contributed by atoms with van der Waals surface area (Å²) in [5, 5.41) is 10.8. The zero-order valence-corrected chi connectivity index (χ0v) is 16.8. The van der Waals surface area contributed by atoms with E-state index in [0.717, 1.165) is 30.6 Å². The average molecular weight is 408 g/mol. The first kappa shape index (κ1) is 20.2. The molecule has 30 heavy (non-hydrogen) atoms. The summed E-state index contributed by atoms with van der Waals surface area (Å²) >= 11 is 0. The quantitative estimate of drug-likeness (QED) is 0.658. The molecule has 2 aromatic carbocycles. The fourth-order valence-electron chi connectivity index (χ4n) is 3.96. The smallest absolute Gasteiger partial charge is 0.272 e. The lowest BCUT2D eigenvalue weighted by molar-refractivity contribution is 0.0942. The van der Waals surface area contributed by atoms with Crippen LogP contribution in [0.4, 0.5) is 4.39 Å². The maximum absolute atomic E-state index is 14.3. The van der Waals surface area contributed by atoms with Crippen LogP contribution in [0.5, 0.6) is 0 Å². The van der Waals surface area contributed by atoms with Crippen LogP contribution in [-0.2, 0) is 6.42 Å². The molecule has 4 rings (SSSR count). The van der Waals surface area contributed by atoms with Crippen molar-refractivity contribution in [3.8, 4) is 0 Å². The molecule has 0 saturated carbocycles. The van der Waals surface area contributed by atoms with E-state index in [1.165, 1.54) is 25.3 Å². The molecule has 1 fully saturated rings. The highest BCUT2D eigenvalue weighted by Gasteiger charge is 2.15. The number of nitrogens with zero attached hydrogens (tertiary/aromatic N) is 2. The lowest BCUT2D eigenvalue weighted by Crippen LogP contribution is -2.37. The predicted molar refractivity (Wildman–Crippen MR) is 114 cm³/mol. The number of benzene rings is 2. The molecule has 0 atom stereocenters. The minimum Gasteiger partial charge on any atom is -0.351 e. The summed E-state index contributed by atoms with van der Waals surface area (Å²) < 4.78 is 14.3. The van der Waals surface area contributed by atoms with Crippen molar-refractivity contribution in [1.29, 1.82) is 0 Å². The highest BCUT2D eigenvalue weighted by molar-refractivity contribution is 5.94. The van der Waals surface area contributed by atoms with Crippen LogP contribution in [0, 0.1) is 5.82 Å². The van der Waals surface area contributed by atoms with Crippen molar-refractivity contribution < 1.29 is 9.18 Å². The van der Waals surface area contributed by atoms with Crippen LogP contribution in [0.15, 0.2) is 47.3 Å². The Labute approximate surface area is 174 Å². The second-order valence-corrected chi connectivity index (χ2v) is 7.69. The number of nitrogens with one attached hydrogen (secondary N) is 2. The van der Waals surface area contributed by atoms with Gasteiger partial charge in [0.15, 0.2) is 0 Å². The van der Waals surface area contributed by atoms with Gasteiger partial charge in [-0.3, -0.25) is 9.59 Å². The molecule has 2 N–H and O–H groups in total. The Kier molecular flexibility index (Phi) is 6.18. The van der Waals surface area contributed by atoms with Crippen LogP contribution in [0.3, 0.4) is 0 Å². The SMILES string of the molecule is O=C(NCCN1CCCCC1)c1cc(Cc2n[nH]c(=O)c3ccccc23)ccc1F. The van der Waals surface area contributed by atoms with Gasteiger partial charge in [-0.05, 0) is 49.7 Å². The number of hydrogen-bond acceptors (Lipinski definition) is 4. The van der Waals surface area contributed by atoms with Gasteiger partial charge < -0.3 is 10.2 Å². The van der Waals surface area contributed by atoms with E-state index in [1.54, 1.807) is 24.3 Å². The molecule has 2 heterocycles. The molecular formula is C23H25FN4O2. The Morgan fingerprint density at radius 2 is 1.87 bits per heavy atom. The van der Waals surface area contributed by atoms with Crippen molar-refractivity contribution in [3.63, 3.8) is 0 Å². The van der Waals surface area contributed by atoms with Gasteiger partial charge in [-0.15, -0.1) is 0 Å². The van der Waals surface area contributed by atoms with E-state index >= 15 is 0 Å². The van der Waals surface area contributed by atoms with Gasteiger partial charge in [0.2, 0.25) is 0 Å². The summed E-state index contributed by atoms with van der Waals surface area (Å²) in [5.41, 5.74) is 1.21. The van der Waals surface area contributed by atoms with Crippen molar-refractivity contribution in [1.82, 2.24) is 20.4 Å². The molecule has 156 valence electrons. The number of rotatable bonds is 6. The molecule has 0 unspecified atom stereocenters. The molecule has 0 radical (unpaired) electrons. The number of piperidine rings is 1. The van der Waals surface area contributed by atoms with Crippen molar-refractivity contribution in [2.24, 2.45) is 0 Å². The normalized spacial score (nSPS) is 14.7. The average Bonchev–Trinajstić information content (AvgIpc) is 2.78. The molecule has 1 aliphatic rings.